The van der Waals surface area contributed by atoms with Gasteiger partial charge in [-0.2, -0.15) is 4.37 Å². The molecule has 1 rings (SSSR count). The minimum absolute atomic E-state index is 0.116. The molecule has 0 aliphatic carbocycles. The molecule has 0 aliphatic rings. The summed E-state index contributed by atoms with van der Waals surface area (Å²) in [6.07, 6.45) is 0. The van der Waals surface area contributed by atoms with Crippen molar-refractivity contribution in [3.8, 4) is 0 Å². The summed E-state index contributed by atoms with van der Waals surface area (Å²) in [5, 5.41) is 5.77. The second kappa shape index (κ2) is 6.20. The highest BCUT2D eigenvalue weighted by molar-refractivity contribution is 7.11. The van der Waals surface area contributed by atoms with Gasteiger partial charge in [-0.05, 0) is 18.5 Å². The van der Waals surface area contributed by atoms with Crippen molar-refractivity contribution in [2.24, 2.45) is 0 Å². The van der Waals surface area contributed by atoms with Gasteiger partial charge in [-0.15, -0.1) is 0 Å². The van der Waals surface area contributed by atoms with E-state index in [9.17, 15) is 9.59 Å². The largest absolute Gasteiger partial charge is 0.382 e. The molecule has 1 heterocycles. The lowest BCUT2D eigenvalue weighted by Crippen LogP contribution is -2.35. The number of amides is 2. The second-order valence-corrected chi connectivity index (χ2v) is 4.39. The predicted octanol–water partition coefficient (Wildman–Crippen LogP) is -0.343. The first-order valence-corrected chi connectivity index (χ1v) is 6.23. The molecule has 0 radical (unpaired) electrons. The number of anilines is 2. The topological polar surface area (TPSA) is 100 Å². The zero-order valence-electron chi connectivity index (χ0n) is 10.6. The molecule has 7 nitrogen and oxygen atoms in total. The first-order valence-electron chi connectivity index (χ1n) is 5.46. The van der Waals surface area contributed by atoms with Gasteiger partial charge in [0.1, 0.15) is 10.6 Å². The van der Waals surface area contributed by atoms with Crippen LogP contribution in [0.15, 0.2) is 0 Å². The average molecular weight is 271 g/mol. The van der Waals surface area contributed by atoms with Gasteiger partial charge in [-0.25, -0.2) is 0 Å². The maximum absolute atomic E-state index is 11.7. The number of carbonyl (C=O) groups is 2. The fourth-order valence-electron chi connectivity index (χ4n) is 1.43. The molecule has 8 heteroatoms. The first-order chi connectivity index (χ1) is 8.51. The van der Waals surface area contributed by atoms with Crippen molar-refractivity contribution in [1.29, 1.82) is 0 Å². The van der Waals surface area contributed by atoms with Crippen LogP contribution >= 0.6 is 11.5 Å². The highest BCUT2D eigenvalue weighted by Gasteiger charge is 2.21. The molecular formula is C10H17N5O2S. The van der Waals surface area contributed by atoms with Gasteiger partial charge in [-0.1, -0.05) is 0 Å². The molecule has 0 spiro atoms. The standard InChI is InChI=1S/C10H17N5O2S/c1-4-13-6(16)5-15(3)10-7(9(17)12-2)8(11)14-18-10/h4-5H2,1-3H3,(H2,11,14)(H,12,17)(H,13,16). The van der Waals surface area contributed by atoms with Crippen LogP contribution in [0.3, 0.4) is 0 Å². The van der Waals surface area contributed by atoms with E-state index in [1.807, 2.05) is 6.92 Å². The first kappa shape index (κ1) is 14.2. The number of nitrogens with two attached hydrogens (primary N) is 1. The number of nitrogens with one attached hydrogen (secondary N) is 2. The van der Waals surface area contributed by atoms with Crippen molar-refractivity contribution in [3.63, 3.8) is 0 Å². The summed E-state index contributed by atoms with van der Waals surface area (Å²) in [6.45, 7) is 2.57. The molecule has 0 atom stereocenters. The Bertz CT molecular complexity index is 445. The summed E-state index contributed by atoms with van der Waals surface area (Å²) < 4.78 is 3.95. The Labute approximate surface area is 110 Å². The van der Waals surface area contributed by atoms with Gasteiger partial charge in [0.25, 0.3) is 5.91 Å². The summed E-state index contributed by atoms with van der Waals surface area (Å²) in [5.74, 6) is -0.245. The summed E-state index contributed by atoms with van der Waals surface area (Å²) in [5.41, 5.74) is 5.97. The highest BCUT2D eigenvalue weighted by atomic mass is 32.1. The number of carbonyl (C=O) groups excluding carboxylic acids is 2. The Morgan fingerprint density at radius 1 is 1.50 bits per heavy atom. The van der Waals surface area contributed by atoms with Crippen LogP contribution in [0.2, 0.25) is 0 Å². The van der Waals surface area contributed by atoms with Gasteiger partial charge in [0.15, 0.2) is 5.82 Å². The zero-order chi connectivity index (χ0) is 13.7. The maximum atomic E-state index is 11.7. The summed E-state index contributed by atoms with van der Waals surface area (Å²) in [7, 11) is 3.24. The minimum atomic E-state index is -0.306. The molecule has 18 heavy (non-hydrogen) atoms. The third-order valence-corrected chi connectivity index (χ3v) is 3.23. The number of rotatable bonds is 5. The number of likely N-dealkylation sites (N-methyl/N-ethyl adjacent to an activating group) is 2. The fourth-order valence-corrected chi connectivity index (χ4v) is 2.20. The van der Waals surface area contributed by atoms with E-state index >= 15 is 0 Å². The maximum Gasteiger partial charge on any atom is 0.257 e. The Morgan fingerprint density at radius 2 is 2.17 bits per heavy atom. The molecular weight excluding hydrogens is 254 g/mol. The Kier molecular flexibility index (Phi) is 4.90. The van der Waals surface area contributed by atoms with Crippen molar-refractivity contribution in [2.75, 3.05) is 37.8 Å². The number of nitrogens with zero attached hydrogens (tertiary/aromatic N) is 2. The predicted molar refractivity (Wildman–Crippen MR) is 71.9 cm³/mol. The quantitative estimate of drug-likeness (QED) is 0.680. The minimum Gasteiger partial charge on any atom is -0.382 e. The van der Waals surface area contributed by atoms with E-state index in [4.69, 9.17) is 5.73 Å². The summed E-state index contributed by atoms with van der Waals surface area (Å²) in [6, 6.07) is 0. The van der Waals surface area contributed by atoms with Crippen LogP contribution in [0.4, 0.5) is 10.8 Å². The van der Waals surface area contributed by atoms with Gasteiger partial charge >= 0.3 is 0 Å². The van der Waals surface area contributed by atoms with Crippen LogP contribution in [0.5, 0.6) is 0 Å². The second-order valence-electron chi connectivity index (χ2n) is 3.64. The van der Waals surface area contributed by atoms with Crippen molar-refractivity contribution in [1.82, 2.24) is 15.0 Å². The van der Waals surface area contributed by atoms with E-state index < -0.39 is 0 Å². The summed E-state index contributed by atoms with van der Waals surface area (Å²) >= 11 is 1.10. The van der Waals surface area contributed by atoms with Crippen LogP contribution < -0.4 is 21.3 Å². The molecule has 0 aromatic carbocycles. The van der Waals surface area contributed by atoms with Gasteiger partial charge < -0.3 is 21.3 Å². The van der Waals surface area contributed by atoms with E-state index in [-0.39, 0.29) is 24.2 Å². The molecule has 0 saturated carbocycles. The molecule has 0 unspecified atom stereocenters. The third-order valence-electron chi connectivity index (χ3n) is 2.26. The molecule has 4 N–H and O–H groups in total. The molecule has 0 fully saturated rings. The highest BCUT2D eigenvalue weighted by Crippen LogP contribution is 2.29. The van der Waals surface area contributed by atoms with Crippen LogP contribution in [0, 0.1) is 0 Å². The van der Waals surface area contributed by atoms with Gasteiger partial charge in [0.05, 0.1) is 6.54 Å². The van der Waals surface area contributed by atoms with Crippen LogP contribution in [0.25, 0.3) is 0 Å². The molecule has 100 valence electrons. The van der Waals surface area contributed by atoms with E-state index in [2.05, 4.69) is 15.0 Å². The molecule has 0 saturated heterocycles. The van der Waals surface area contributed by atoms with Crippen molar-refractivity contribution >= 4 is 34.2 Å². The number of hydrogen-bond acceptors (Lipinski definition) is 6. The van der Waals surface area contributed by atoms with E-state index in [1.165, 1.54) is 7.05 Å². The van der Waals surface area contributed by atoms with Crippen LogP contribution in [0.1, 0.15) is 17.3 Å². The fraction of sp³-hybridized carbons (Fsp3) is 0.500. The van der Waals surface area contributed by atoms with Crippen LogP contribution in [-0.4, -0.2) is 43.4 Å². The van der Waals surface area contributed by atoms with Crippen molar-refractivity contribution in [2.45, 2.75) is 6.92 Å². The smallest absolute Gasteiger partial charge is 0.257 e. The SMILES string of the molecule is CCNC(=O)CN(C)c1snc(N)c1C(=O)NC. The zero-order valence-corrected chi connectivity index (χ0v) is 11.4. The number of aromatic nitrogens is 1. The molecule has 1 aromatic rings. The molecule has 2 amide bonds. The lowest BCUT2D eigenvalue weighted by molar-refractivity contribution is -0.119. The van der Waals surface area contributed by atoms with E-state index in [0.29, 0.717) is 17.1 Å². The lowest BCUT2D eigenvalue weighted by atomic mass is 10.3. The van der Waals surface area contributed by atoms with Gasteiger partial charge in [0, 0.05) is 20.6 Å². The Hall–Kier alpha value is -1.83. The normalized spacial score (nSPS) is 9.94. The monoisotopic (exact) mass is 271 g/mol. The summed E-state index contributed by atoms with van der Waals surface area (Å²) in [4.78, 5) is 24.8. The van der Waals surface area contributed by atoms with E-state index in [1.54, 1.807) is 11.9 Å². The number of nitrogen functional groups attached to an aromatic ring is 1. The van der Waals surface area contributed by atoms with E-state index in [0.717, 1.165) is 11.5 Å². The van der Waals surface area contributed by atoms with Gasteiger partial charge in [-0.3, -0.25) is 9.59 Å². The molecule has 1 aromatic heterocycles. The average Bonchev–Trinajstić information content (AvgIpc) is 2.70. The number of hydrogen-bond donors (Lipinski definition) is 3. The van der Waals surface area contributed by atoms with Crippen LogP contribution in [-0.2, 0) is 4.79 Å². The third kappa shape index (κ3) is 3.10. The van der Waals surface area contributed by atoms with Crippen molar-refractivity contribution in [3.05, 3.63) is 5.56 Å². The lowest BCUT2D eigenvalue weighted by Gasteiger charge is -2.17. The Balaban J connectivity index is 2.89. The Morgan fingerprint density at radius 3 is 2.72 bits per heavy atom. The molecule has 0 aliphatic heterocycles. The molecule has 0 bridgehead atoms. The van der Waals surface area contributed by atoms with Gasteiger partial charge in [0.2, 0.25) is 5.91 Å². The van der Waals surface area contributed by atoms with Crippen molar-refractivity contribution < 1.29 is 9.59 Å².